The summed E-state index contributed by atoms with van der Waals surface area (Å²) in [5.41, 5.74) is 0.598. The Morgan fingerprint density at radius 3 is 2.72 bits per heavy atom. The summed E-state index contributed by atoms with van der Waals surface area (Å²) < 4.78 is 10.8. The molecule has 3 nitrogen and oxygen atoms in total. The van der Waals surface area contributed by atoms with Gasteiger partial charge in [-0.15, -0.1) is 0 Å². The highest BCUT2D eigenvalue weighted by Crippen LogP contribution is 2.27. The molecule has 0 aliphatic heterocycles. The van der Waals surface area contributed by atoms with Gasteiger partial charge in [0.1, 0.15) is 6.29 Å². The van der Waals surface area contributed by atoms with Crippen molar-refractivity contribution in [3.63, 3.8) is 0 Å². The molecule has 0 radical (unpaired) electrons. The summed E-state index contributed by atoms with van der Waals surface area (Å²) >= 11 is 1.87. The van der Waals surface area contributed by atoms with Gasteiger partial charge in [0.15, 0.2) is 11.5 Å². The number of carbonyl (C=O) groups excluding carboxylic acids is 1. The Bertz CT molecular complexity index is 377. The van der Waals surface area contributed by atoms with E-state index in [1.165, 1.54) is 0 Å². The second-order valence-corrected chi connectivity index (χ2v) is 5.50. The fourth-order valence-electron chi connectivity index (χ4n) is 1.41. The summed E-state index contributed by atoms with van der Waals surface area (Å²) in [5, 5.41) is 0. The first kappa shape index (κ1) is 14.9. The predicted molar refractivity (Wildman–Crippen MR) is 76.0 cm³/mol. The van der Waals surface area contributed by atoms with Gasteiger partial charge in [-0.25, -0.2) is 0 Å². The highest BCUT2D eigenvalue weighted by molar-refractivity contribution is 7.99. The lowest BCUT2D eigenvalue weighted by molar-refractivity contribution is 0.112. The molecule has 0 aliphatic carbocycles. The van der Waals surface area contributed by atoms with E-state index in [4.69, 9.17) is 9.47 Å². The van der Waals surface area contributed by atoms with Crippen molar-refractivity contribution in [3.05, 3.63) is 23.8 Å². The summed E-state index contributed by atoms with van der Waals surface area (Å²) in [6.45, 7) is 5.02. The molecule has 0 aliphatic rings. The average Bonchev–Trinajstić information content (AvgIpc) is 2.37. The van der Waals surface area contributed by atoms with Crippen LogP contribution in [0.5, 0.6) is 11.5 Å². The fourth-order valence-corrected chi connectivity index (χ4v) is 2.25. The molecule has 0 aromatic heterocycles. The van der Waals surface area contributed by atoms with E-state index in [-0.39, 0.29) is 0 Å². The van der Waals surface area contributed by atoms with Crippen LogP contribution in [0, 0.1) is 5.92 Å². The molecule has 18 heavy (non-hydrogen) atoms. The Balaban J connectivity index is 2.47. The number of methoxy groups -OCH3 is 1. The summed E-state index contributed by atoms with van der Waals surface area (Å²) in [6, 6.07) is 5.17. The van der Waals surface area contributed by atoms with Crippen LogP contribution in [0.3, 0.4) is 0 Å². The van der Waals surface area contributed by atoms with Crippen molar-refractivity contribution >= 4 is 18.0 Å². The highest BCUT2D eigenvalue weighted by atomic mass is 32.2. The minimum absolute atomic E-state index is 0.598. The van der Waals surface area contributed by atoms with Crippen LogP contribution in [0.15, 0.2) is 18.2 Å². The van der Waals surface area contributed by atoms with Gasteiger partial charge >= 0.3 is 0 Å². The molecule has 0 amide bonds. The topological polar surface area (TPSA) is 35.5 Å². The molecular weight excluding hydrogens is 248 g/mol. The first-order valence-electron chi connectivity index (χ1n) is 6.01. The maximum atomic E-state index is 10.7. The standard InChI is InChI=1S/C14H20O3S/c1-11(2)10-18-7-6-17-14-8-12(9-15)4-5-13(14)16-3/h4-5,8-9,11H,6-7,10H2,1-3H3. The van der Waals surface area contributed by atoms with Crippen LogP contribution in [0.25, 0.3) is 0 Å². The van der Waals surface area contributed by atoms with Crippen LogP contribution in [-0.4, -0.2) is 31.5 Å². The van der Waals surface area contributed by atoms with Gasteiger partial charge in [0.05, 0.1) is 13.7 Å². The third-order valence-corrected chi connectivity index (χ3v) is 3.62. The molecule has 0 heterocycles. The second-order valence-electron chi connectivity index (χ2n) is 4.35. The Labute approximate surface area is 113 Å². The highest BCUT2D eigenvalue weighted by Gasteiger charge is 2.05. The zero-order valence-corrected chi connectivity index (χ0v) is 12.0. The Kier molecular flexibility index (Phi) is 6.65. The molecule has 1 aromatic carbocycles. The summed E-state index contributed by atoms with van der Waals surface area (Å²) in [4.78, 5) is 10.7. The average molecular weight is 268 g/mol. The molecule has 0 N–H and O–H groups in total. The number of hydrogen-bond acceptors (Lipinski definition) is 4. The lowest BCUT2D eigenvalue weighted by Crippen LogP contribution is -2.04. The molecule has 0 fully saturated rings. The number of aldehydes is 1. The smallest absolute Gasteiger partial charge is 0.161 e. The van der Waals surface area contributed by atoms with E-state index in [1.54, 1.807) is 25.3 Å². The van der Waals surface area contributed by atoms with Crippen molar-refractivity contribution in [3.8, 4) is 11.5 Å². The van der Waals surface area contributed by atoms with Crippen molar-refractivity contribution in [1.82, 2.24) is 0 Å². The molecule has 100 valence electrons. The quantitative estimate of drug-likeness (QED) is 0.535. The number of ether oxygens (including phenoxy) is 2. The molecule has 4 heteroatoms. The Morgan fingerprint density at radius 1 is 1.33 bits per heavy atom. The van der Waals surface area contributed by atoms with Gasteiger partial charge in [-0.3, -0.25) is 4.79 Å². The summed E-state index contributed by atoms with van der Waals surface area (Å²) in [7, 11) is 1.59. The zero-order chi connectivity index (χ0) is 13.4. The van der Waals surface area contributed by atoms with Gasteiger partial charge in [-0.05, 0) is 29.9 Å². The van der Waals surface area contributed by atoms with Crippen LogP contribution in [-0.2, 0) is 0 Å². The molecule has 0 spiro atoms. The zero-order valence-electron chi connectivity index (χ0n) is 11.1. The van der Waals surface area contributed by atoms with Gasteiger partial charge in [-0.2, -0.15) is 11.8 Å². The van der Waals surface area contributed by atoms with E-state index in [9.17, 15) is 4.79 Å². The molecular formula is C14H20O3S. The Hall–Kier alpha value is -1.16. The van der Waals surface area contributed by atoms with Gasteiger partial charge in [-0.1, -0.05) is 13.8 Å². The lowest BCUT2D eigenvalue weighted by Gasteiger charge is -2.11. The van der Waals surface area contributed by atoms with E-state index in [1.807, 2.05) is 11.8 Å². The van der Waals surface area contributed by atoms with Crippen molar-refractivity contribution in [2.75, 3.05) is 25.2 Å². The Morgan fingerprint density at radius 2 is 2.11 bits per heavy atom. The number of hydrogen-bond donors (Lipinski definition) is 0. The van der Waals surface area contributed by atoms with Gasteiger partial charge in [0, 0.05) is 11.3 Å². The van der Waals surface area contributed by atoms with Crippen molar-refractivity contribution < 1.29 is 14.3 Å². The SMILES string of the molecule is COc1ccc(C=O)cc1OCCSCC(C)C. The van der Waals surface area contributed by atoms with Gasteiger partial charge in [0.25, 0.3) is 0 Å². The minimum Gasteiger partial charge on any atom is -0.493 e. The lowest BCUT2D eigenvalue weighted by atomic mass is 10.2. The molecule has 0 saturated heterocycles. The summed E-state index contributed by atoms with van der Waals surface area (Å²) in [5.74, 6) is 4.06. The van der Waals surface area contributed by atoms with E-state index >= 15 is 0 Å². The monoisotopic (exact) mass is 268 g/mol. The number of rotatable bonds is 8. The van der Waals surface area contributed by atoms with Crippen LogP contribution in [0.4, 0.5) is 0 Å². The van der Waals surface area contributed by atoms with Gasteiger partial charge in [0.2, 0.25) is 0 Å². The van der Waals surface area contributed by atoms with E-state index in [2.05, 4.69) is 13.8 Å². The normalized spacial score (nSPS) is 10.4. The molecule has 0 saturated carbocycles. The predicted octanol–water partition coefficient (Wildman–Crippen LogP) is 3.28. The van der Waals surface area contributed by atoms with Crippen molar-refractivity contribution in [2.45, 2.75) is 13.8 Å². The minimum atomic E-state index is 0.598. The number of carbonyl (C=O) groups is 1. The first-order chi connectivity index (χ1) is 8.67. The van der Waals surface area contributed by atoms with Gasteiger partial charge < -0.3 is 9.47 Å². The van der Waals surface area contributed by atoms with E-state index < -0.39 is 0 Å². The maximum Gasteiger partial charge on any atom is 0.161 e. The first-order valence-corrected chi connectivity index (χ1v) is 7.16. The van der Waals surface area contributed by atoms with Crippen LogP contribution >= 0.6 is 11.8 Å². The van der Waals surface area contributed by atoms with Crippen molar-refractivity contribution in [1.29, 1.82) is 0 Å². The van der Waals surface area contributed by atoms with Crippen LogP contribution in [0.1, 0.15) is 24.2 Å². The molecule has 0 bridgehead atoms. The number of benzene rings is 1. The van der Waals surface area contributed by atoms with E-state index in [0.717, 1.165) is 17.8 Å². The number of thioether (sulfide) groups is 1. The largest absolute Gasteiger partial charge is 0.493 e. The van der Waals surface area contributed by atoms with Crippen molar-refractivity contribution in [2.24, 2.45) is 5.92 Å². The fraction of sp³-hybridized carbons (Fsp3) is 0.500. The third kappa shape index (κ3) is 5.00. The molecule has 0 atom stereocenters. The van der Waals surface area contributed by atoms with E-state index in [0.29, 0.717) is 29.6 Å². The molecule has 1 rings (SSSR count). The van der Waals surface area contributed by atoms with Crippen LogP contribution in [0.2, 0.25) is 0 Å². The molecule has 1 aromatic rings. The second kappa shape index (κ2) is 8.03. The maximum absolute atomic E-state index is 10.7. The van der Waals surface area contributed by atoms with Crippen LogP contribution < -0.4 is 9.47 Å². The molecule has 0 unspecified atom stereocenters. The third-order valence-electron chi connectivity index (χ3n) is 2.26. The summed E-state index contributed by atoms with van der Waals surface area (Å²) in [6.07, 6.45) is 0.805.